The van der Waals surface area contributed by atoms with E-state index in [-0.39, 0.29) is 35.1 Å². The second kappa shape index (κ2) is 18.9. The van der Waals surface area contributed by atoms with Crippen LogP contribution in [0.3, 0.4) is 0 Å². The van der Waals surface area contributed by atoms with Crippen molar-refractivity contribution in [3.63, 3.8) is 0 Å². The lowest BCUT2D eigenvalue weighted by molar-refractivity contribution is -0.303. The van der Waals surface area contributed by atoms with Crippen LogP contribution < -0.4 is 5.32 Å². The summed E-state index contributed by atoms with van der Waals surface area (Å²) in [7, 11) is 2.02. The average molecular weight is 1150 g/mol. The summed E-state index contributed by atoms with van der Waals surface area (Å²) in [4.78, 5) is 54.5. The predicted octanol–water partition coefficient (Wildman–Crippen LogP) is 12.3. The van der Waals surface area contributed by atoms with E-state index >= 15 is 9.59 Å². The van der Waals surface area contributed by atoms with Gasteiger partial charge in [-0.05, 0) is 195 Å². The van der Waals surface area contributed by atoms with Crippen molar-refractivity contribution in [2.45, 2.75) is 237 Å². The highest BCUT2D eigenvalue weighted by molar-refractivity contribution is 6.02. The standard InChI is InChI=1S/C72H96N4O8/c1-64(2)62(84-64)52(79)34-65(3)21-16-43-36-75-57-48(50(39-77)45-30-44(41-14-10-9-11-15-41)31-46(32-45)72(82)24-28-83-29-25-72)37-76(58(43)57)38-49-53-55(65)51(78)35-67(53,5)68(6)40-70(19-12-13-20-70)63-66(4,23-27-73-8)61(81)54-47-18-26-74-56(47)42-17-22-71(54,33-42)69(63,7)60(68)59(49)80/h18,26,30-32,36-37,39,41-42,49-50,52,54,59-60,62-63,73-75,79-80,82H,9-17,19-25,27-29,33-35,38,40H2,1-8H3. The maximum Gasteiger partial charge on any atom is 0.160 e. The van der Waals surface area contributed by atoms with Crippen LogP contribution in [0.15, 0.2) is 54.0 Å². The molecule has 6 N–H and O–H groups in total. The summed E-state index contributed by atoms with van der Waals surface area (Å²) >= 11 is 0. The number of nitrogens with one attached hydrogen (secondary N) is 3. The molecule has 3 aromatic heterocycles. The number of Topliss-reactive ketones (excluding diaryl/α,β-unsaturated/α-hetero) is 2. The summed E-state index contributed by atoms with van der Waals surface area (Å²) in [5.74, 6) is -0.497. The monoisotopic (exact) mass is 1140 g/mol. The number of rotatable bonds is 11. The number of hydrogen-bond donors (Lipinski definition) is 6. The topological polar surface area (TPSA) is 182 Å². The van der Waals surface area contributed by atoms with Gasteiger partial charge in [-0.2, -0.15) is 0 Å². The van der Waals surface area contributed by atoms with E-state index in [4.69, 9.17) is 9.47 Å². The Balaban J connectivity index is 0.948. The van der Waals surface area contributed by atoms with Crippen LogP contribution in [0.25, 0.3) is 11.0 Å². The molecule has 3 aliphatic heterocycles. The molecule has 12 nitrogen and oxygen atoms in total. The van der Waals surface area contributed by atoms with Gasteiger partial charge in [-0.1, -0.05) is 84.9 Å². The molecule has 4 aromatic rings. The molecule has 0 amide bonds. The molecule has 6 heterocycles. The highest BCUT2D eigenvalue weighted by atomic mass is 16.6. The zero-order valence-corrected chi connectivity index (χ0v) is 51.7. The van der Waals surface area contributed by atoms with Crippen LogP contribution in [0.5, 0.6) is 0 Å². The summed E-state index contributed by atoms with van der Waals surface area (Å²) in [6.45, 7) is 18.3. The van der Waals surface area contributed by atoms with Gasteiger partial charge in [-0.15, -0.1) is 0 Å². The number of aromatic amines is 2. The third-order valence-corrected chi connectivity index (χ3v) is 27.5. The highest BCUT2D eigenvalue weighted by Gasteiger charge is 2.84. The number of aliphatic hydroxyl groups is 3. The van der Waals surface area contributed by atoms with E-state index in [9.17, 15) is 20.1 Å². The Bertz CT molecular complexity index is 3380. The summed E-state index contributed by atoms with van der Waals surface area (Å²) in [6.07, 6.45) is 22.9. The van der Waals surface area contributed by atoms with Crippen molar-refractivity contribution in [2.75, 3.05) is 26.8 Å². The molecule has 15 atom stereocenters. The molecule has 1 aromatic carbocycles. The van der Waals surface area contributed by atoms with E-state index in [1.807, 2.05) is 20.9 Å². The molecule has 11 aliphatic rings. The van der Waals surface area contributed by atoms with E-state index in [1.54, 1.807) is 0 Å². The maximum absolute atomic E-state index is 16.5. The van der Waals surface area contributed by atoms with E-state index in [1.165, 1.54) is 36.1 Å². The Kier molecular flexibility index (Phi) is 12.7. The Morgan fingerprint density at radius 3 is 2.37 bits per heavy atom. The smallest absolute Gasteiger partial charge is 0.160 e. The van der Waals surface area contributed by atoms with Crippen LogP contribution in [0, 0.1) is 55.7 Å². The zero-order valence-electron chi connectivity index (χ0n) is 51.7. The fourth-order valence-corrected chi connectivity index (χ4v) is 24.0. The molecular weight excluding hydrogens is 1050 g/mol. The van der Waals surface area contributed by atoms with Crippen molar-refractivity contribution in [1.82, 2.24) is 19.9 Å². The number of benzene rings is 1. The third-order valence-electron chi connectivity index (χ3n) is 27.5. The number of hydrogen-bond acceptors (Lipinski definition) is 9. The summed E-state index contributed by atoms with van der Waals surface area (Å²) in [5.41, 5.74) is 5.91. The normalized spacial score (nSPS) is 40.5. The van der Waals surface area contributed by atoms with Gasteiger partial charge in [-0.25, -0.2) is 0 Å². The number of ether oxygens (including phenoxy) is 2. The molecule has 0 radical (unpaired) electrons. The van der Waals surface area contributed by atoms with Gasteiger partial charge in [0.1, 0.15) is 18.2 Å². The van der Waals surface area contributed by atoms with Gasteiger partial charge < -0.3 is 49.4 Å². The SMILES string of the molecule is CNCCC1(C)C(=O)C2c3cc[nH]c3C3CCC2(C3)C2(C)C1C1(CCCC1)CC1(C)C2C(O)C2Cn3cc(C(C=O)c4cc(C5CCCCC5)cc(C5(O)CCOCC5)c4)c4[nH]cc(c43)CCC(C)(CC(O)C3OC3(C)C)C3=C2C1(C)CC3=O. The van der Waals surface area contributed by atoms with Gasteiger partial charge in [0, 0.05) is 91.2 Å². The number of aromatic nitrogens is 3. The number of aliphatic hydroxyl groups excluding tert-OH is 2. The number of carbonyl (C=O) groups excluding carboxylic acids is 3. The molecule has 2 saturated heterocycles. The number of fused-ring (bicyclic) bond motifs is 9. The quantitative estimate of drug-likeness (QED) is 0.0629. The van der Waals surface area contributed by atoms with Crippen molar-refractivity contribution >= 4 is 28.9 Å². The Labute approximate surface area is 497 Å². The largest absolute Gasteiger partial charge is 0.392 e. The molecule has 15 unspecified atom stereocenters. The summed E-state index contributed by atoms with van der Waals surface area (Å²) < 4.78 is 14.4. The van der Waals surface area contributed by atoms with Crippen LogP contribution in [0.1, 0.15) is 233 Å². The third kappa shape index (κ3) is 7.42. The first-order valence-electron chi connectivity index (χ1n) is 33.3. The van der Waals surface area contributed by atoms with E-state index in [0.717, 1.165) is 128 Å². The van der Waals surface area contributed by atoms with Crippen molar-refractivity contribution < 1.29 is 39.2 Å². The van der Waals surface area contributed by atoms with Gasteiger partial charge in [0.2, 0.25) is 0 Å². The van der Waals surface area contributed by atoms with Crippen molar-refractivity contribution in [3.05, 3.63) is 93.1 Å². The Morgan fingerprint density at radius 2 is 1.65 bits per heavy atom. The number of H-pyrrole nitrogens is 2. The second-order valence-corrected chi connectivity index (χ2v) is 31.9. The summed E-state index contributed by atoms with van der Waals surface area (Å²) in [6, 6.07) is 8.84. The molecule has 8 fully saturated rings. The molecular formula is C72H96N4O8. The van der Waals surface area contributed by atoms with Gasteiger partial charge in [0.25, 0.3) is 0 Å². The molecule has 12 heteroatoms. The molecule has 84 heavy (non-hydrogen) atoms. The molecule has 8 aliphatic carbocycles. The van der Waals surface area contributed by atoms with Gasteiger partial charge in [0.05, 0.1) is 46.3 Å². The van der Waals surface area contributed by atoms with E-state index in [2.05, 4.69) is 97.3 Å². The first-order valence-corrected chi connectivity index (χ1v) is 33.3. The van der Waals surface area contributed by atoms with Crippen LogP contribution in [0.4, 0.5) is 0 Å². The minimum absolute atomic E-state index is 0.0135. The predicted molar refractivity (Wildman–Crippen MR) is 324 cm³/mol. The number of nitrogens with zero attached hydrogens (tertiary/aromatic N) is 1. The lowest BCUT2D eigenvalue weighted by Crippen LogP contribution is -2.77. The molecule has 6 saturated carbocycles. The lowest BCUT2D eigenvalue weighted by Gasteiger charge is -2.79. The fraction of sp³-hybridized carbons (Fsp3) is 0.708. The number of aldehydes is 1. The molecule has 2 spiro atoms. The van der Waals surface area contributed by atoms with Crippen LogP contribution in [-0.4, -0.2) is 98.4 Å². The number of ketones is 2. The lowest BCUT2D eigenvalue weighted by atomic mass is 9.24. The summed E-state index contributed by atoms with van der Waals surface area (Å²) in [5, 5.41) is 43.3. The van der Waals surface area contributed by atoms with Crippen molar-refractivity contribution in [1.29, 1.82) is 0 Å². The van der Waals surface area contributed by atoms with Crippen LogP contribution >= 0.6 is 0 Å². The molecule has 452 valence electrons. The van der Waals surface area contributed by atoms with Crippen LogP contribution in [0.2, 0.25) is 0 Å². The van der Waals surface area contributed by atoms with E-state index in [0.29, 0.717) is 75.9 Å². The number of carbonyl (C=O) groups is 3. The molecule has 15 rings (SSSR count). The highest BCUT2D eigenvalue weighted by Crippen LogP contribution is 2.87. The average Bonchev–Trinajstić information content (AvgIpc) is 1.09. The van der Waals surface area contributed by atoms with E-state index < -0.39 is 67.7 Å². The van der Waals surface area contributed by atoms with Crippen molar-refractivity contribution in [2.24, 2.45) is 55.7 Å². The minimum atomic E-state index is -1.06. The Morgan fingerprint density at radius 1 is 0.905 bits per heavy atom. The first-order chi connectivity index (χ1) is 40.1. The zero-order chi connectivity index (χ0) is 58.5. The first kappa shape index (κ1) is 56.3. The second-order valence-electron chi connectivity index (χ2n) is 31.9. The number of allylic oxidation sites excluding steroid dienone is 1. The van der Waals surface area contributed by atoms with Gasteiger partial charge in [-0.3, -0.25) is 9.59 Å². The van der Waals surface area contributed by atoms with Crippen molar-refractivity contribution in [3.8, 4) is 0 Å². The Hall–Kier alpha value is -4.17. The molecule has 2 bridgehead atoms. The maximum atomic E-state index is 16.5. The number of aryl methyl sites for hydroxylation is 1. The fourth-order valence-electron chi connectivity index (χ4n) is 24.0. The van der Waals surface area contributed by atoms with Gasteiger partial charge in [0.15, 0.2) is 5.78 Å². The minimum Gasteiger partial charge on any atom is -0.392 e. The van der Waals surface area contributed by atoms with Gasteiger partial charge >= 0.3 is 0 Å². The number of epoxide rings is 1. The van der Waals surface area contributed by atoms with Crippen LogP contribution in [-0.2, 0) is 42.4 Å².